The molecule has 1 saturated carbocycles. The number of carbonyl (C=O) groups is 1. The molecule has 1 aliphatic carbocycles. The first-order valence-electron chi connectivity index (χ1n) is 10.5. The molecule has 0 unspecified atom stereocenters. The molecule has 5 rings (SSSR count). The largest absolute Gasteiger partial charge is 0.480 e. The van der Waals surface area contributed by atoms with E-state index in [1.165, 1.54) is 23.0 Å². The first-order valence-corrected chi connectivity index (χ1v) is 11.4. The number of hydrogen-bond donors (Lipinski definition) is 2. The zero-order chi connectivity index (χ0) is 22.3. The molecule has 0 amide bonds. The van der Waals surface area contributed by atoms with Crippen LogP contribution in [0.15, 0.2) is 60.7 Å². The number of nitrogens with one attached hydrogen (secondary N) is 1. The Morgan fingerprint density at radius 3 is 2.62 bits per heavy atom. The Bertz CT molecular complexity index is 1300. The summed E-state index contributed by atoms with van der Waals surface area (Å²) in [7, 11) is 0. The molecule has 32 heavy (non-hydrogen) atoms. The van der Waals surface area contributed by atoms with Crippen molar-refractivity contribution in [2.75, 3.05) is 0 Å². The van der Waals surface area contributed by atoms with Crippen molar-refractivity contribution in [3.8, 4) is 10.6 Å². The first kappa shape index (κ1) is 20.7. The van der Waals surface area contributed by atoms with Gasteiger partial charge in [-0.15, -0.1) is 0 Å². The van der Waals surface area contributed by atoms with Crippen LogP contribution in [-0.4, -0.2) is 27.1 Å². The molecular formula is C25H22FN3O2S. The van der Waals surface area contributed by atoms with E-state index in [0.29, 0.717) is 16.1 Å². The fraction of sp³-hybridized carbons (Fsp3) is 0.240. The van der Waals surface area contributed by atoms with E-state index in [-0.39, 0.29) is 17.8 Å². The Balaban J connectivity index is 1.42. The van der Waals surface area contributed by atoms with Gasteiger partial charge in [0, 0.05) is 17.5 Å². The van der Waals surface area contributed by atoms with Crippen molar-refractivity contribution in [3.05, 3.63) is 83.3 Å². The van der Waals surface area contributed by atoms with Gasteiger partial charge in [0.05, 0.1) is 5.69 Å². The molecule has 0 saturated heterocycles. The fourth-order valence-electron chi connectivity index (χ4n) is 3.97. The topological polar surface area (TPSA) is 75.1 Å². The minimum Gasteiger partial charge on any atom is -0.480 e. The van der Waals surface area contributed by atoms with Crippen molar-refractivity contribution in [1.82, 2.24) is 15.3 Å². The van der Waals surface area contributed by atoms with Crippen molar-refractivity contribution < 1.29 is 14.3 Å². The number of nitrogens with zero attached hydrogens (tertiary/aromatic N) is 2. The molecule has 2 aromatic heterocycles. The van der Waals surface area contributed by atoms with Gasteiger partial charge < -0.3 is 10.4 Å². The van der Waals surface area contributed by atoms with Gasteiger partial charge in [-0.2, -0.15) is 0 Å². The number of carboxylic acids is 1. The van der Waals surface area contributed by atoms with E-state index in [1.807, 2.05) is 18.2 Å². The van der Waals surface area contributed by atoms with Crippen molar-refractivity contribution in [2.24, 2.45) is 0 Å². The van der Waals surface area contributed by atoms with Crippen molar-refractivity contribution in [1.29, 1.82) is 0 Å². The van der Waals surface area contributed by atoms with Gasteiger partial charge in [0.25, 0.3) is 0 Å². The maximum atomic E-state index is 14.8. The number of halogens is 1. The molecule has 0 spiro atoms. The lowest BCUT2D eigenvalue weighted by atomic mass is 9.92. The van der Waals surface area contributed by atoms with Crippen LogP contribution in [-0.2, 0) is 16.8 Å². The number of aliphatic carboxylic acids is 1. The summed E-state index contributed by atoms with van der Waals surface area (Å²) in [5.41, 5.74) is 4.17. The second-order valence-electron chi connectivity index (χ2n) is 8.24. The molecule has 5 nitrogen and oxygen atoms in total. The Kier molecular flexibility index (Phi) is 5.23. The number of rotatable bonds is 7. The monoisotopic (exact) mass is 447 g/mol. The Labute approximate surface area is 189 Å². The van der Waals surface area contributed by atoms with Crippen LogP contribution in [0.1, 0.15) is 36.6 Å². The van der Waals surface area contributed by atoms with Gasteiger partial charge in [-0.3, -0.25) is 4.79 Å². The molecule has 2 heterocycles. The summed E-state index contributed by atoms with van der Waals surface area (Å²) in [6, 6.07) is 18.7. The van der Waals surface area contributed by atoms with E-state index in [2.05, 4.69) is 34.6 Å². The number of carboxylic acid groups (broad SMARTS) is 1. The van der Waals surface area contributed by atoms with Gasteiger partial charge >= 0.3 is 5.97 Å². The molecule has 1 atom stereocenters. The van der Waals surface area contributed by atoms with E-state index < -0.39 is 12.0 Å². The summed E-state index contributed by atoms with van der Waals surface area (Å²) in [5.74, 6) is -1.32. The Morgan fingerprint density at radius 1 is 1.16 bits per heavy atom. The van der Waals surface area contributed by atoms with E-state index in [1.54, 1.807) is 19.1 Å². The van der Waals surface area contributed by atoms with Gasteiger partial charge in [-0.1, -0.05) is 47.7 Å². The van der Waals surface area contributed by atoms with Crippen LogP contribution in [0.2, 0.25) is 0 Å². The molecule has 7 heteroatoms. The van der Waals surface area contributed by atoms with Gasteiger partial charge in [-0.05, 0) is 55.2 Å². The highest BCUT2D eigenvalue weighted by molar-refractivity contribution is 7.21. The third-order valence-corrected chi connectivity index (χ3v) is 7.07. The normalized spacial score (nSPS) is 15.6. The molecule has 2 N–H and O–H groups in total. The number of benzene rings is 2. The quantitative estimate of drug-likeness (QED) is 0.410. The van der Waals surface area contributed by atoms with Crippen LogP contribution in [0, 0.1) is 5.82 Å². The molecule has 162 valence electrons. The highest BCUT2D eigenvalue weighted by Gasteiger charge is 2.47. The van der Waals surface area contributed by atoms with Crippen molar-refractivity contribution in [3.63, 3.8) is 0 Å². The number of hydrogen-bond acceptors (Lipinski definition) is 5. The third kappa shape index (κ3) is 3.78. The molecule has 1 aliphatic rings. The first-order chi connectivity index (χ1) is 15.5. The standard InChI is InChI=1S/C25H22FN3O2S/c1-15(24(30)31)27-14-16-7-8-18(19(26)13-16)22-28-20-9-10-21(29-23(20)32-22)25(11-12-25)17-5-3-2-4-6-17/h2-10,13,15,27H,11-12,14H2,1H3,(H,30,31)/t15-/m0/s1. The van der Waals surface area contributed by atoms with Crippen LogP contribution in [0.25, 0.3) is 20.9 Å². The molecular weight excluding hydrogens is 425 g/mol. The third-order valence-electron chi connectivity index (χ3n) is 6.07. The number of aromatic nitrogens is 2. The van der Waals surface area contributed by atoms with Crippen molar-refractivity contribution >= 4 is 27.7 Å². The maximum absolute atomic E-state index is 14.8. The highest BCUT2D eigenvalue weighted by atomic mass is 32.1. The van der Waals surface area contributed by atoms with Crippen LogP contribution in [0.3, 0.4) is 0 Å². The van der Waals surface area contributed by atoms with Crippen LogP contribution in [0.5, 0.6) is 0 Å². The van der Waals surface area contributed by atoms with Crippen LogP contribution in [0.4, 0.5) is 4.39 Å². The van der Waals surface area contributed by atoms with Crippen LogP contribution >= 0.6 is 11.3 Å². The molecule has 0 radical (unpaired) electrons. The minimum atomic E-state index is -0.941. The van der Waals surface area contributed by atoms with Crippen LogP contribution < -0.4 is 5.32 Å². The van der Waals surface area contributed by atoms with Gasteiger partial charge in [0.2, 0.25) is 0 Å². The zero-order valence-corrected chi connectivity index (χ0v) is 18.3. The Hall–Kier alpha value is -3.16. The maximum Gasteiger partial charge on any atom is 0.320 e. The zero-order valence-electron chi connectivity index (χ0n) is 17.5. The molecule has 1 fully saturated rings. The van der Waals surface area contributed by atoms with Gasteiger partial charge in [-0.25, -0.2) is 14.4 Å². The summed E-state index contributed by atoms with van der Waals surface area (Å²) in [6.07, 6.45) is 2.15. The average molecular weight is 448 g/mol. The lowest BCUT2D eigenvalue weighted by molar-refractivity contribution is -0.139. The predicted molar refractivity (Wildman–Crippen MR) is 123 cm³/mol. The van der Waals surface area contributed by atoms with Gasteiger partial charge in [0.1, 0.15) is 27.2 Å². The summed E-state index contributed by atoms with van der Waals surface area (Å²) in [6.45, 7) is 1.83. The lowest BCUT2D eigenvalue weighted by Crippen LogP contribution is -2.33. The number of fused-ring (bicyclic) bond motifs is 1. The number of pyridine rings is 1. The summed E-state index contributed by atoms with van der Waals surface area (Å²) in [5, 5.41) is 12.4. The second-order valence-corrected chi connectivity index (χ2v) is 9.22. The molecule has 0 aliphatic heterocycles. The minimum absolute atomic E-state index is 0.0212. The van der Waals surface area contributed by atoms with E-state index >= 15 is 0 Å². The van der Waals surface area contributed by atoms with E-state index in [0.717, 1.165) is 28.9 Å². The Morgan fingerprint density at radius 2 is 1.94 bits per heavy atom. The summed E-state index contributed by atoms with van der Waals surface area (Å²) < 4.78 is 14.8. The van der Waals surface area contributed by atoms with Gasteiger partial charge in [0.15, 0.2) is 0 Å². The smallest absolute Gasteiger partial charge is 0.320 e. The summed E-state index contributed by atoms with van der Waals surface area (Å²) >= 11 is 1.39. The molecule has 2 aromatic carbocycles. The highest BCUT2D eigenvalue weighted by Crippen LogP contribution is 2.53. The average Bonchev–Trinajstić information content (AvgIpc) is 3.51. The number of thiazole rings is 1. The van der Waals surface area contributed by atoms with E-state index in [4.69, 9.17) is 10.1 Å². The fourth-order valence-corrected chi connectivity index (χ4v) is 4.94. The van der Waals surface area contributed by atoms with E-state index in [9.17, 15) is 9.18 Å². The predicted octanol–water partition coefficient (Wildman–Crippen LogP) is 5.14. The summed E-state index contributed by atoms with van der Waals surface area (Å²) in [4.78, 5) is 21.3. The second kappa shape index (κ2) is 8.07. The molecule has 4 aromatic rings. The lowest BCUT2D eigenvalue weighted by Gasteiger charge is -2.14. The van der Waals surface area contributed by atoms with Crippen molar-refractivity contribution in [2.45, 2.75) is 37.8 Å². The molecule has 0 bridgehead atoms. The SMILES string of the molecule is C[C@H](NCc1ccc(-c2nc3ccc(C4(c5ccccc5)CC4)nc3s2)c(F)c1)C(=O)O.